The van der Waals surface area contributed by atoms with E-state index in [4.69, 9.17) is 5.26 Å². The summed E-state index contributed by atoms with van der Waals surface area (Å²) in [5, 5.41) is 16.7. The molecule has 0 aliphatic heterocycles. The first kappa shape index (κ1) is 14.9. The van der Waals surface area contributed by atoms with Crippen LogP contribution in [0.3, 0.4) is 0 Å². The number of hydrogen-bond donors (Lipinski definition) is 1. The van der Waals surface area contributed by atoms with Crippen molar-refractivity contribution in [1.29, 1.82) is 5.26 Å². The highest BCUT2D eigenvalue weighted by molar-refractivity contribution is 5.66. The molecule has 0 atom stereocenters. The third-order valence-electron chi connectivity index (χ3n) is 4.07. The minimum atomic E-state index is 0.561. The van der Waals surface area contributed by atoms with Crippen LogP contribution in [-0.4, -0.2) is 14.6 Å². The van der Waals surface area contributed by atoms with Crippen LogP contribution in [0.1, 0.15) is 11.1 Å². The fraction of sp³-hybridized carbons (Fsp3) is 0.0500. The van der Waals surface area contributed by atoms with Crippen LogP contribution in [0.4, 0.5) is 11.6 Å². The largest absolute Gasteiger partial charge is 0.323 e. The van der Waals surface area contributed by atoms with Crippen LogP contribution in [0, 0.1) is 18.3 Å². The van der Waals surface area contributed by atoms with E-state index < -0.39 is 0 Å². The number of nitriles is 1. The lowest BCUT2D eigenvalue weighted by atomic mass is 10.1. The predicted molar refractivity (Wildman–Crippen MR) is 97.6 cm³/mol. The molecule has 2 aromatic carbocycles. The maximum absolute atomic E-state index is 8.90. The highest BCUT2D eigenvalue weighted by Crippen LogP contribution is 2.22. The molecule has 5 nitrogen and oxygen atoms in total. The Morgan fingerprint density at radius 2 is 1.72 bits per heavy atom. The molecule has 0 saturated carbocycles. The Balaban J connectivity index is 1.67. The number of nitrogens with one attached hydrogen (secondary N) is 1. The van der Waals surface area contributed by atoms with E-state index in [1.165, 1.54) is 0 Å². The maximum Gasteiger partial charge on any atom is 0.247 e. The minimum Gasteiger partial charge on any atom is -0.323 e. The fourth-order valence-electron chi connectivity index (χ4n) is 2.68. The second-order valence-electron chi connectivity index (χ2n) is 5.79. The summed E-state index contributed by atoms with van der Waals surface area (Å²) >= 11 is 0. The standard InChI is InChI=1S/C20H15N5/c1-14-4-2-3-5-18(14)22-20-23-19-11-10-17(13-25(19)24-20)16-8-6-15(12-21)7-9-16/h2-11,13H,1H3,(H,22,24). The molecule has 0 fully saturated rings. The smallest absolute Gasteiger partial charge is 0.247 e. The van der Waals surface area contributed by atoms with E-state index in [0.717, 1.165) is 28.0 Å². The van der Waals surface area contributed by atoms with Gasteiger partial charge in [0.25, 0.3) is 0 Å². The Kier molecular flexibility index (Phi) is 3.64. The van der Waals surface area contributed by atoms with Crippen LogP contribution < -0.4 is 5.32 Å². The number of benzene rings is 2. The molecule has 0 aliphatic rings. The van der Waals surface area contributed by atoms with Gasteiger partial charge in [-0.3, -0.25) is 0 Å². The van der Waals surface area contributed by atoms with Crippen LogP contribution in [-0.2, 0) is 0 Å². The molecule has 4 aromatic rings. The van der Waals surface area contributed by atoms with Crippen molar-refractivity contribution in [2.75, 3.05) is 5.32 Å². The number of rotatable bonds is 3. The third kappa shape index (κ3) is 2.93. The van der Waals surface area contributed by atoms with E-state index >= 15 is 0 Å². The zero-order valence-corrected chi connectivity index (χ0v) is 13.6. The van der Waals surface area contributed by atoms with E-state index in [1.807, 2.05) is 73.8 Å². The number of pyridine rings is 1. The molecule has 2 heterocycles. The summed E-state index contributed by atoms with van der Waals surface area (Å²) in [6.07, 6.45) is 1.94. The summed E-state index contributed by atoms with van der Waals surface area (Å²) in [4.78, 5) is 4.51. The van der Waals surface area contributed by atoms with Gasteiger partial charge in [0.2, 0.25) is 5.95 Å². The first-order valence-electron chi connectivity index (χ1n) is 7.92. The van der Waals surface area contributed by atoms with Gasteiger partial charge in [0.1, 0.15) is 0 Å². The number of aromatic nitrogens is 3. The molecule has 0 bridgehead atoms. The maximum atomic E-state index is 8.90. The minimum absolute atomic E-state index is 0.561. The number of nitrogens with zero attached hydrogens (tertiary/aromatic N) is 4. The second kappa shape index (κ2) is 6.10. The van der Waals surface area contributed by atoms with Crippen LogP contribution in [0.2, 0.25) is 0 Å². The zero-order valence-electron chi connectivity index (χ0n) is 13.6. The Morgan fingerprint density at radius 3 is 2.48 bits per heavy atom. The molecule has 120 valence electrons. The quantitative estimate of drug-likeness (QED) is 0.609. The molecule has 0 aliphatic carbocycles. The second-order valence-corrected chi connectivity index (χ2v) is 5.79. The van der Waals surface area contributed by atoms with Gasteiger partial charge in [-0.1, -0.05) is 30.3 Å². The van der Waals surface area contributed by atoms with E-state index in [9.17, 15) is 0 Å². The van der Waals surface area contributed by atoms with E-state index in [2.05, 4.69) is 21.5 Å². The van der Waals surface area contributed by atoms with Gasteiger partial charge >= 0.3 is 0 Å². The van der Waals surface area contributed by atoms with Crippen molar-refractivity contribution in [2.45, 2.75) is 6.92 Å². The summed E-state index contributed by atoms with van der Waals surface area (Å²) in [6, 6.07) is 21.6. The van der Waals surface area contributed by atoms with E-state index in [1.54, 1.807) is 4.52 Å². The molecule has 0 radical (unpaired) electrons. The molecule has 0 saturated heterocycles. The Labute approximate surface area is 145 Å². The lowest BCUT2D eigenvalue weighted by Gasteiger charge is -2.04. The van der Waals surface area contributed by atoms with Gasteiger partial charge in [-0.2, -0.15) is 10.2 Å². The van der Waals surface area contributed by atoms with Gasteiger partial charge in [0.15, 0.2) is 5.65 Å². The number of anilines is 2. The van der Waals surface area contributed by atoms with Crippen molar-refractivity contribution in [3.63, 3.8) is 0 Å². The fourth-order valence-corrected chi connectivity index (χ4v) is 2.68. The molecule has 5 heteroatoms. The van der Waals surface area contributed by atoms with Gasteiger partial charge in [-0.15, -0.1) is 5.10 Å². The zero-order chi connectivity index (χ0) is 17.2. The average Bonchev–Trinajstić information content (AvgIpc) is 3.05. The number of aryl methyl sites for hydroxylation is 1. The first-order chi connectivity index (χ1) is 12.2. The topological polar surface area (TPSA) is 66.0 Å². The molecule has 4 rings (SSSR count). The van der Waals surface area contributed by atoms with Crippen molar-refractivity contribution in [3.8, 4) is 17.2 Å². The first-order valence-corrected chi connectivity index (χ1v) is 7.92. The van der Waals surface area contributed by atoms with Crippen LogP contribution in [0.15, 0.2) is 66.9 Å². The molecular weight excluding hydrogens is 310 g/mol. The molecule has 0 unspecified atom stereocenters. The lowest BCUT2D eigenvalue weighted by molar-refractivity contribution is 0.966. The number of hydrogen-bond acceptors (Lipinski definition) is 4. The highest BCUT2D eigenvalue weighted by Gasteiger charge is 2.07. The molecule has 2 aromatic heterocycles. The van der Waals surface area contributed by atoms with Crippen molar-refractivity contribution in [2.24, 2.45) is 0 Å². The molecule has 25 heavy (non-hydrogen) atoms. The van der Waals surface area contributed by atoms with Crippen molar-refractivity contribution in [1.82, 2.24) is 14.6 Å². The monoisotopic (exact) mass is 325 g/mol. The van der Waals surface area contributed by atoms with Gasteiger partial charge in [-0.25, -0.2) is 4.52 Å². The van der Waals surface area contributed by atoms with Crippen molar-refractivity contribution < 1.29 is 0 Å². The van der Waals surface area contributed by atoms with Crippen LogP contribution >= 0.6 is 0 Å². The molecule has 0 spiro atoms. The predicted octanol–water partition coefficient (Wildman–Crippen LogP) is 4.32. The van der Waals surface area contributed by atoms with Gasteiger partial charge < -0.3 is 5.32 Å². The van der Waals surface area contributed by atoms with E-state index in [-0.39, 0.29) is 0 Å². The summed E-state index contributed by atoms with van der Waals surface area (Å²) in [5.74, 6) is 0.561. The highest BCUT2D eigenvalue weighted by atomic mass is 15.3. The van der Waals surface area contributed by atoms with Crippen molar-refractivity contribution in [3.05, 3.63) is 78.0 Å². The Bertz CT molecular complexity index is 1090. The third-order valence-corrected chi connectivity index (χ3v) is 4.07. The van der Waals surface area contributed by atoms with Crippen LogP contribution in [0.25, 0.3) is 16.8 Å². The summed E-state index contributed by atoms with van der Waals surface area (Å²) in [6.45, 7) is 2.04. The summed E-state index contributed by atoms with van der Waals surface area (Å²) in [5.41, 5.74) is 5.60. The SMILES string of the molecule is Cc1ccccc1Nc1nc2ccc(-c3ccc(C#N)cc3)cn2n1. The van der Waals surface area contributed by atoms with Gasteiger partial charge in [0.05, 0.1) is 11.6 Å². The molecule has 0 amide bonds. The van der Waals surface area contributed by atoms with Crippen molar-refractivity contribution >= 4 is 17.3 Å². The van der Waals surface area contributed by atoms with Gasteiger partial charge in [0, 0.05) is 17.4 Å². The average molecular weight is 325 g/mol. The molecule has 1 N–H and O–H groups in total. The van der Waals surface area contributed by atoms with E-state index in [0.29, 0.717) is 11.5 Å². The number of para-hydroxylation sites is 1. The summed E-state index contributed by atoms with van der Waals surface area (Å²) < 4.78 is 1.76. The number of fused-ring (bicyclic) bond motifs is 1. The lowest BCUT2D eigenvalue weighted by Crippen LogP contribution is -1.95. The Morgan fingerprint density at radius 1 is 0.960 bits per heavy atom. The van der Waals surface area contributed by atoms with Gasteiger partial charge in [-0.05, 0) is 48.4 Å². The Hall–Kier alpha value is -3.65. The summed E-state index contributed by atoms with van der Waals surface area (Å²) in [7, 11) is 0. The normalized spacial score (nSPS) is 10.6. The van der Waals surface area contributed by atoms with Crippen LogP contribution in [0.5, 0.6) is 0 Å². The molecular formula is C20H15N5.